The molecule has 0 atom stereocenters. The van der Waals surface area contributed by atoms with Crippen LogP contribution in [0, 0.1) is 25.2 Å². The summed E-state index contributed by atoms with van der Waals surface area (Å²) in [5.74, 6) is 0. The van der Waals surface area contributed by atoms with Crippen molar-refractivity contribution >= 4 is 5.69 Å². The Kier molecular flexibility index (Phi) is 4.07. The van der Waals surface area contributed by atoms with Crippen molar-refractivity contribution in [2.45, 2.75) is 20.4 Å². The van der Waals surface area contributed by atoms with Gasteiger partial charge in [0.05, 0.1) is 17.3 Å². The first-order chi connectivity index (χ1) is 11.2. The normalized spacial score (nSPS) is 10.3. The molecular formula is C18H17N5. The van der Waals surface area contributed by atoms with Crippen molar-refractivity contribution in [3.05, 3.63) is 71.3 Å². The van der Waals surface area contributed by atoms with Gasteiger partial charge in [0.15, 0.2) is 0 Å². The van der Waals surface area contributed by atoms with E-state index >= 15 is 0 Å². The lowest BCUT2D eigenvalue weighted by molar-refractivity contribution is 0.869. The molecule has 2 aromatic carbocycles. The molecule has 114 valence electrons. The molecule has 1 heterocycles. The van der Waals surface area contributed by atoms with Gasteiger partial charge >= 0.3 is 0 Å². The Morgan fingerprint density at radius 2 is 2.09 bits per heavy atom. The molecule has 3 rings (SSSR count). The third-order valence-corrected chi connectivity index (χ3v) is 3.86. The van der Waals surface area contributed by atoms with E-state index in [1.807, 2.05) is 31.2 Å². The summed E-state index contributed by atoms with van der Waals surface area (Å²) in [6.45, 7) is 4.72. The smallest absolute Gasteiger partial charge is 0.138 e. The van der Waals surface area contributed by atoms with Gasteiger partial charge in [-0.25, -0.2) is 9.67 Å². The molecule has 0 aliphatic rings. The van der Waals surface area contributed by atoms with Gasteiger partial charge < -0.3 is 5.32 Å². The largest absolute Gasteiger partial charge is 0.381 e. The highest BCUT2D eigenvalue weighted by Crippen LogP contribution is 2.20. The van der Waals surface area contributed by atoms with Gasteiger partial charge in [0, 0.05) is 12.2 Å². The second-order valence-electron chi connectivity index (χ2n) is 5.40. The lowest BCUT2D eigenvalue weighted by atomic mass is 10.1. The summed E-state index contributed by atoms with van der Waals surface area (Å²) in [6, 6.07) is 14.2. The fourth-order valence-electron chi connectivity index (χ4n) is 2.56. The van der Waals surface area contributed by atoms with E-state index in [4.69, 9.17) is 5.26 Å². The molecule has 5 heteroatoms. The number of hydrogen-bond donors (Lipinski definition) is 1. The monoisotopic (exact) mass is 303 g/mol. The molecule has 0 radical (unpaired) electrons. The lowest BCUT2D eigenvalue weighted by Crippen LogP contribution is -2.04. The highest BCUT2D eigenvalue weighted by molar-refractivity contribution is 5.57. The molecule has 1 N–H and O–H groups in total. The number of rotatable bonds is 4. The number of benzene rings is 2. The van der Waals surface area contributed by atoms with Crippen molar-refractivity contribution in [2.75, 3.05) is 5.32 Å². The van der Waals surface area contributed by atoms with E-state index in [0.717, 1.165) is 22.5 Å². The van der Waals surface area contributed by atoms with Gasteiger partial charge in [-0.1, -0.05) is 18.2 Å². The summed E-state index contributed by atoms with van der Waals surface area (Å²) in [5, 5.41) is 16.7. The first-order valence-corrected chi connectivity index (χ1v) is 7.37. The van der Waals surface area contributed by atoms with E-state index in [1.165, 1.54) is 11.9 Å². The van der Waals surface area contributed by atoms with Gasteiger partial charge in [-0.15, -0.1) is 0 Å². The molecule has 0 fully saturated rings. The summed E-state index contributed by atoms with van der Waals surface area (Å²) in [4.78, 5) is 3.98. The third kappa shape index (κ3) is 3.06. The number of nitrogens with zero attached hydrogens (tertiary/aromatic N) is 4. The van der Waals surface area contributed by atoms with Crippen LogP contribution in [0.4, 0.5) is 5.69 Å². The molecule has 0 spiro atoms. The minimum absolute atomic E-state index is 0.702. The van der Waals surface area contributed by atoms with Gasteiger partial charge in [-0.3, -0.25) is 0 Å². The lowest BCUT2D eigenvalue weighted by Gasteiger charge is -2.12. The van der Waals surface area contributed by atoms with Crippen LogP contribution in [0.5, 0.6) is 0 Å². The van der Waals surface area contributed by atoms with E-state index in [-0.39, 0.29) is 0 Å². The maximum Gasteiger partial charge on any atom is 0.138 e. The highest BCUT2D eigenvalue weighted by atomic mass is 15.3. The van der Waals surface area contributed by atoms with Gasteiger partial charge in [-0.05, 0) is 48.7 Å². The first-order valence-electron chi connectivity index (χ1n) is 7.37. The predicted molar refractivity (Wildman–Crippen MR) is 89.3 cm³/mol. The molecule has 5 nitrogen and oxygen atoms in total. The maximum atomic E-state index is 9.09. The van der Waals surface area contributed by atoms with E-state index < -0.39 is 0 Å². The molecule has 0 saturated carbocycles. The summed E-state index contributed by atoms with van der Waals surface area (Å²) in [7, 11) is 0. The van der Waals surface area contributed by atoms with Crippen LogP contribution in [0.25, 0.3) is 5.69 Å². The van der Waals surface area contributed by atoms with Gasteiger partial charge in [-0.2, -0.15) is 10.4 Å². The van der Waals surface area contributed by atoms with Gasteiger partial charge in [0.25, 0.3) is 0 Å². The molecule has 0 saturated heterocycles. The van der Waals surface area contributed by atoms with Crippen LogP contribution in [0.15, 0.2) is 49.1 Å². The van der Waals surface area contributed by atoms with Crippen molar-refractivity contribution in [3.8, 4) is 11.8 Å². The SMILES string of the molecule is Cc1cc(CNc2cccc(C#N)c2C)ccc1-n1cncn1. The molecule has 0 aliphatic carbocycles. The Hall–Kier alpha value is -3.13. The number of aryl methyl sites for hydroxylation is 1. The zero-order chi connectivity index (χ0) is 16.2. The summed E-state index contributed by atoms with van der Waals surface area (Å²) in [5.41, 5.74) is 6.00. The van der Waals surface area contributed by atoms with E-state index in [2.05, 4.69) is 40.5 Å². The second kappa shape index (κ2) is 6.32. The molecule has 0 bridgehead atoms. The number of hydrogen-bond acceptors (Lipinski definition) is 4. The quantitative estimate of drug-likeness (QED) is 0.802. The van der Waals surface area contributed by atoms with Crippen LogP contribution >= 0.6 is 0 Å². The maximum absolute atomic E-state index is 9.09. The third-order valence-electron chi connectivity index (χ3n) is 3.86. The Bertz CT molecular complexity index is 860. The zero-order valence-corrected chi connectivity index (χ0v) is 13.1. The molecule has 1 aromatic heterocycles. The summed E-state index contributed by atoms with van der Waals surface area (Å²) < 4.78 is 1.76. The molecule has 0 aliphatic heterocycles. The highest BCUT2D eigenvalue weighted by Gasteiger charge is 2.05. The molecule has 23 heavy (non-hydrogen) atoms. The fraction of sp³-hybridized carbons (Fsp3) is 0.167. The second-order valence-corrected chi connectivity index (χ2v) is 5.40. The molecule has 0 amide bonds. The predicted octanol–water partition coefficient (Wildman–Crippen LogP) is 3.37. The van der Waals surface area contributed by atoms with Crippen molar-refractivity contribution < 1.29 is 0 Å². The van der Waals surface area contributed by atoms with Crippen molar-refractivity contribution in [3.63, 3.8) is 0 Å². The van der Waals surface area contributed by atoms with Crippen molar-refractivity contribution in [2.24, 2.45) is 0 Å². The molecule has 0 unspecified atom stereocenters. The fourth-order valence-corrected chi connectivity index (χ4v) is 2.56. The number of nitriles is 1. The standard InChI is InChI=1S/C18H17N5/c1-13-8-15(6-7-18(13)23-12-20-11-22-23)10-21-17-5-3-4-16(9-19)14(17)2/h3-8,11-12,21H,10H2,1-2H3. The van der Waals surface area contributed by atoms with Crippen LogP contribution in [0.1, 0.15) is 22.3 Å². The first kappa shape index (κ1) is 14.8. The number of nitrogens with one attached hydrogen (secondary N) is 1. The number of aromatic nitrogens is 3. The molecular weight excluding hydrogens is 286 g/mol. The van der Waals surface area contributed by atoms with Gasteiger partial charge in [0.2, 0.25) is 0 Å². The summed E-state index contributed by atoms with van der Waals surface area (Å²) >= 11 is 0. The van der Waals surface area contributed by atoms with Gasteiger partial charge in [0.1, 0.15) is 12.7 Å². The Balaban J connectivity index is 1.77. The van der Waals surface area contributed by atoms with E-state index in [1.54, 1.807) is 11.0 Å². The minimum atomic E-state index is 0.702. The zero-order valence-electron chi connectivity index (χ0n) is 13.1. The van der Waals surface area contributed by atoms with Crippen LogP contribution in [0.3, 0.4) is 0 Å². The van der Waals surface area contributed by atoms with Crippen LogP contribution in [-0.2, 0) is 6.54 Å². The van der Waals surface area contributed by atoms with Crippen LogP contribution < -0.4 is 5.32 Å². The van der Waals surface area contributed by atoms with E-state index in [0.29, 0.717) is 12.1 Å². The minimum Gasteiger partial charge on any atom is -0.381 e. The van der Waals surface area contributed by atoms with Crippen LogP contribution in [0.2, 0.25) is 0 Å². The Morgan fingerprint density at radius 1 is 1.22 bits per heavy atom. The Morgan fingerprint density at radius 3 is 2.78 bits per heavy atom. The van der Waals surface area contributed by atoms with E-state index in [9.17, 15) is 0 Å². The molecule has 3 aromatic rings. The van der Waals surface area contributed by atoms with Crippen molar-refractivity contribution in [1.29, 1.82) is 5.26 Å². The Labute approximate surface area is 135 Å². The number of anilines is 1. The van der Waals surface area contributed by atoms with Crippen molar-refractivity contribution in [1.82, 2.24) is 14.8 Å². The average molecular weight is 303 g/mol. The average Bonchev–Trinajstić information content (AvgIpc) is 3.08. The topological polar surface area (TPSA) is 66.5 Å². The summed E-state index contributed by atoms with van der Waals surface area (Å²) in [6.07, 6.45) is 3.22. The van der Waals surface area contributed by atoms with Crippen LogP contribution in [-0.4, -0.2) is 14.8 Å².